The lowest BCUT2D eigenvalue weighted by atomic mass is 9.99. The number of pyridine rings is 2. The molecule has 0 spiro atoms. The molecule has 18 heteroatoms. The monoisotopic (exact) mass is 889 g/mol. The highest BCUT2D eigenvalue weighted by atomic mass is 19.1. The molecule has 0 fully saturated rings. The van der Waals surface area contributed by atoms with Crippen LogP contribution in [0.3, 0.4) is 0 Å². The zero-order valence-corrected chi connectivity index (χ0v) is 37.4. The number of carbonyl (C=O) groups excluding carboxylic acids is 6. The van der Waals surface area contributed by atoms with Gasteiger partial charge in [0.05, 0.1) is 6.04 Å². The zero-order chi connectivity index (χ0) is 47.2. The van der Waals surface area contributed by atoms with Gasteiger partial charge in [0.2, 0.25) is 29.5 Å². The number of halogens is 1. The molecule has 3 aromatic rings. The van der Waals surface area contributed by atoms with Crippen LogP contribution in [0.25, 0.3) is 0 Å². The Morgan fingerprint density at radius 3 is 1.81 bits per heavy atom. The molecule has 0 saturated heterocycles. The first-order chi connectivity index (χ1) is 30.6. The minimum absolute atomic E-state index is 0.0807. The van der Waals surface area contributed by atoms with Crippen molar-refractivity contribution in [3.05, 3.63) is 96.1 Å². The van der Waals surface area contributed by atoms with Crippen molar-refractivity contribution >= 4 is 41.4 Å². The molecule has 0 saturated carbocycles. The van der Waals surface area contributed by atoms with Gasteiger partial charge in [-0.25, -0.2) is 9.18 Å². The van der Waals surface area contributed by atoms with Gasteiger partial charge in [0.1, 0.15) is 24.2 Å². The van der Waals surface area contributed by atoms with Gasteiger partial charge in [-0.2, -0.15) is 0 Å². The number of aromatic nitrogens is 2. The SMILES string of the molecule is CCCC[C@H](NC(=O)[C@H](Cc1cccnc1)N(C(C)=O)C(=O)[C@H](CCCN)NC)C(=O)N[C@@H](Cc1ccccc1)C(=O)N[C@@](F)(CCCC)C(=O)N(C)[C@@H](Cc1cccnc1)C(=O)O. The number of unbranched alkanes of at least 4 members (excludes halogenated alkanes) is 2. The van der Waals surface area contributed by atoms with E-state index in [-0.39, 0.29) is 38.5 Å². The van der Waals surface area contributed by atoms with Crippen LogP contribution in [-0.2, 0) is 52.8 Å². The summed E-state index contributed by atoms with van der Waals surface area (Å²) in [6.45, 7) is 5.09. The van der Waals surface area contributed by atoms with E-state index in [0.717, 1.165) is 16.8 Å². The fourth-order valence-electron chi connectivity index (χ4n) is 7.21. The van der Waals surface area contributed by atoms with Crippen molar-refractivity contribution in [3.63, 3.8) is 0 Å². The third-order valence-electron chi connectivity index (χ3n) is 10.8. The van der Waals surface area contributed by atoms with Crippen molar-refractivity contribution in [2.24, 2.45) is 5.73 Å². The molecule has 7 N–H and O–H groups in total. The minimum Gasteiger partial charge on any atom is -0.480 e. The number of hydrogen-bond donors (Lipinski definition) is 6. The van der Waals surface area contributed by atoms with Gasteiger partial charge >= 0.3 is 5.97 Å². The van der Waals surface area contributed by atoms with Crippen LogP contribution in [0, 0.1) is 0 Å². The van der Waals surface area contributed by atoms with Crippen molar-refractivity contribution in [2.45, 2.75) is 127 Å². The summed E-state index contributed by atoms with van der Waals surface area (Å²) in [7, 11) is 2.71. The summed E-state index contributed by atoms with van der Waals surface area (Å²) in [5, 5.41) is 20.7. The number of nitrogens with two attached hydrogens (primary N) is 1. The summed E-state index contributed by atoms with van der Waals surface area (Å²) < 4.78 is 17.2. The summed E-state index contributed by atoms with van der Waals surface area (Å²) in [6, 6.07) is 8.52. The Morgan fingerprint density at radius 1 is 0.734 bits per heavy atom. The minimum atomic E-state index is -3.09. The van der Waals surface area contributed by atoms with Crippen LogP contribution in [0.2, 0.25) is 0 Å². The van der Waals surface area contributed by atoms with Crippen LogP contribution in [-0.4, -0.2) is 123 Å². The highest BCUT2D eigenvalue weighted by Crippen LogP contribution is 2.23. The highest BCUT2D eigenvalue weighted by molar-refractivity contribution is 6.03. The van der Waals surface area contributed by atoms with Gasteiger partial charge in [0.15, 0.2) is 0 Å². The fourth-order valence-corrected chi connectivity index (χ4v) is 7.21. The van der Waals surface area contributed by atoms with E-state index in [0.29, 0.717) is 48.9 Å². The molecule has 0 aliphatic carbocycles. The number of rotatable bonds is 27. The number of carbonyl (C=O) groups is 7. The topological polar surface area (TPSA) is 246 Å². The second-order valence-electron chi connectivity index (χ2n) is 15.8. The van der Waals surface area contributed by atoms with Gasteiger partial charge in [-0.05, 0) is 68.1 Å². The Bertz CT molecular complexity index is 1980. The van der Waals surface area contributed by atoms with E-state index < -0.39 is 83.8 Å². The Kier molecular flexibility index (Phi) is 21.6. The Balaban J connectivity index is 2.01. The number of carboxylic acids is 1. The van der Waals surface area contributed by atoms with E-state index in [4.69, 9.17) is 5.73 Å². The van der Waals surface area contributed by atoms with Gasteiger partial charge in [0, 0.05) is 64.4 Å². The molecule has 2 aromatic heterocycles. The lowest BCUT2D eigenvalue weighted by Crippen LogP contribution is -2.63. The van der Waals surface area contributed by atoms with Gasteiger partial charge < -0.3 is 37.0 Å². The molecule has 348 valence electrons. The van der Waals surface area contributed by atoms with Crippen LogP contribution in [0.1, 0.15) is 88.8 Å². The molecule has 0 radical (unpaired) electrons. The van der Waals surface area contributed by atoms with Gasteiger partial charge in [0.25, 0.3) is 11.7 Å². The van der Waals surface area contributed by atoms with Gasteiger partial charge in [-0.1, -0.05) is 75.6 Å². The number of imide groups is 1. The Labute approximate surface area is 374 Å². The maximum atomic E-state index is 17.2. The summed E-state index contributed by atoms with van der Waals surface area (Å²) in [5.41, 5.74) is 7.29. The van der Waals surface area contributed by atoms with Crippen LogP contribution in [0.15, 0.2) is 79.4 Å². The largest absolute Gasteiger partial charge is 0.480 e. The number of aliphatic carboxylic acids is 1. The second-order valence-corrected chi connectivity index (χ2v) is 15.8. The summed E-state index contributed by atoms with van der Waals surface area (Å²) >= 11 is 0. The van der Waals surface area contributed by atoms with Crippen LogP contribution >= 0.6 is 0 Å². The first-order valence-electron chi connectivity index (χ1n) is 21.7. The number of likely N-dealkylation sites (N-methyl/N-ethyl adjacent to an activating group) is 2. The third-order valence-corrected chi connectivity index (χ3v) is 10.8. The number of nitrogens with one attached hydrogen (secondary N) is 4. The van der Waals surface area contributed by atoms with Crippen molar-refractivity contribution in [1.29, 1.82) is 0 Å². The molecule has 6 amide bonds. The van der Waals surface area contributed by atoms with E-state index in [1.54, 1.807) is 68.6 Å². The van der Waals surface area contributed by atoms with E-state index in [2.05, 4.69) is 31.2 Å². The zero-order valence-electron chi connectivity index (χ0n) is 37.4. The molecule has 0 aliphatic rings. The van der Waals surface area contributed by atoms with Crippen molar-refractivity contribution in [2.75, 3.05) is 20.6 Å². The molecule has 0 aliphatic heterocycles. The molecule has 0 bridgehead atoms. The highest BCUT2D eigenvalue weighted by Gasteiger charge is 2.46. The van der Waals surface area contributed by atoms with E-state index in [1.807, 2.05) is 6.92 Å². The molecule has 6 atom stereocenters. The first-order valence-corrected chi connectivity index (χ1v) is 21.7. The lowest BCUT2D eigenvalue weighted by Gasteiger charge is -2.34. The predicted octanol–water partition coefficient (Wildman–Crippen LogP) is 2.62. The maximum absolute atomic E-state index is 17.2. The van der Waals surface area contributed by atoms with E-state index in [9.17, 15) is 38.7 Å². The predicted molar refractivity (Wildman–Crippen MR) is 238 cm³/mol. The number of amides is 6. The normalized spacial score (nSPS) is 14.4. The van der Waals surface area contributed by atoms with E-state index >= 15 is 4.39 Å². The third kappa shape index (κ3) is 15.6. The number of hydrogen-bond acceptors (Lipinski definition) is 11. The quantitative estimate of drug-likeness (QED) is 0.0606. The first kappa shape index (κ1) is 52.2. The Hall–Kier alpha value is -6.14. The number of carboxylic acid groups (broad SMARTS) is 1. The summed E-state index contributed by atoms with van der Waals surface area (Å²) in [6.07, 6.45) is 7.42. The molecule has 64 heavy (non-hydrogen) atoms. The van der Waals surface area contributed by atoms with Crippen molar-refractivity contribution in [1.82, 2.24) is 41.0 Å². The maximum Gasteiger partial charge on any atom is 0.326 e. The van der Waals surface area contributed by atoms with Crippen molar-refractivity contribution in [3.8, 4) is 0 Å². The van der Waals surface area contributed by atoms with Crippen LogP contribution in [0.4, 0.5) is 4.39 Å². The molecule has 1 aromatic carbocycles. The van der Waals surface area contributed by atoms with Crippen LogP contribution in [0.5, 0.6) is 0 Å². The molecule has 2 heterocycles. The fraction of sp³-hybridized carbons (Fsp3) is 0.500. The number of alkyl halides is 1. The second kappa shape index (κ2) is 26.5. The van der Waals surface area contributed by atoms with Gasteiger partial charge in [-0.15, -0.1) is 0 Å². The van der Waals surface area contributed by atoms with Crippen LogP contribution < -0.4 is 27.0 Å². The molecule has 17 nitrogen and oxygen atoms in total. The van der Waals surface area contributed by atoms with E-state index in [1.165, 1.54) is 31.7 Å². The molecular weight excluding hydrogens is 826 g/mol. The molecular formula is C46H64FN9O8. The molecule has 3 rings (SSSR count). The summed E-state index contributed by atoms with van der Waals surface area (Å²) in [4.78, 5) is 107. The Morgan fingerprint density at radius 2 is 1.30 bits per heavy atom. The average molecular weight is 890 g/mol. The lowest BCUT2D eigenvalue weighted by molar-refractivity contribution is -0.158. The van der Waals surface area contributed by atoms with Gasteiger partial charge in [-0.3, -0.25) is 43.6 Å². The van der Waals surface area contributed by atoms with Crippen molar-refractivity contribution < 1.29 is 43.1 Å². The number of benzene rings is 1. The smallest absolute Gasteiger partial charge is 0.326 e. The standard InChI is InChI=1S/C46H64FN9O8/c1-6-8-20-35(52-42(60)38(27-33-18-14-24-50-29-33)56(31(3)57)43(61)36(49-4)21-13-23-48)40(58)53-37(26-32-16-11-10-12-17-32)41(59)54-46(47,22-9-7-2)45(64)55(5)39(44(62)63)28-34-19-15-25-51-30-34/h10-12,14-19,24-25,29-30,35-39,49H,6-9,13,20-23,26-28,48H2,1-5H3,(H,52,60)(H,53,58)(H,54,59)(H,62,63)/t35-,36-,37-,38-,39-,46-/m0/s1. The molecule has 0 unspecified atom stereocenters. The number of nitrogens with zero attached hydrogens (tertiary/aromatic N) is 4. The summed E-state index contributed by atoms with van der Waals surface area (Å²) in [5.74, 6) is -9.86. The average Bonchev–Trinajstić information content (AvgIpc) is 3.28.